The van der Waals surface area contributed by atoms with Gasteiger partial charge < -0.3 is 9.64 Å². The Bertz CT molecular complexity index is 704. The molecule has 1 atom stereocenters. The standard InChI is InChI=1S/C15H17F2N5O2/c1-10-6-19-22(8-10)11-4-5-21(9-11)15(23)20-13-3-2-12(7-18-13)24-14(16)17/h2-3,6-8,11,14H,4-5,9H2,1H3,(H,18,20,23)/t11-/m1/s1. The van der Waals surface area contributed by atoms with E-state index in [0.717, 1.165) is 18.2 Å². The Balaban J connectivity index is 1.55. The van der Waals surface area contributed by atoms with Crippen LogP contribution < -0.4 is 10.1 Å². The molecule has 2 aromatic rings. The molecule has 9 heteroatoms. The highest BCUT2D eigenvalue weighted by Crippen LogP contribution is 2.22. The van der Waals surface area contributed by atoms with Crippen molar-refractivity contribution in [3.63, 3.8) is 0 Å². The molecule has 24 heavy (non-hydrogen) atoms. The molecule has 128 valence electrons. The van der Waals surface area contributed by atoms with Gasteiger partial charge in [0, 0.05) is 19.3 Å². The molecule has 7 nitrogen and oxygen atoms in total. The lowest BCUT2D eigenvalue weighted by Crippen LogP contribution is -2.33. The zero-order chi connectivity index (χ0) is 17.1. The van der Waals surface area contributed by atoms with Crippen LogP contribution in [0.5, 0.6) is 5.75 Å². The molecule has 0 spiro atoms. The van der Waals surface area contributed by atoms with Gasteiger partial charge in [0.15, 0.2) is 0 Å². The molecule has 1 N–H and O–H groups in total. The highest BCUT2D eigenvalue weighted by atomic mass is 19.3. The van der Waals surface area contributed by atoms with Gasteiger partial charge in [-0.25, -0.2) is 9.78 Å². The number of carbonyl (C=O) groups excluding carboxylic acids is 1. The number of nitrogens with one attached hydrogen (secondary N) is 1. The normalized spacial score (nSPS) is 17.3. The van der Waals surface area contributed by atoms with E-state index in [1.807, 2.05) is 17.8 Å². The monoisotopic (exact) mass is 337 g/mol. The van der Waals surface area contributed by atoms with Gasteiger partial charge in [0.25, 0.3) is 0 Å². The Morgan fingerprint density at radius 2 is 2.25 bits per heavy atom. The second kappa shape index (κ2) is 6.81. The summed E-state index contributed by atoms with van der Waals surface area (Å²) in [5.74, 6) is 0.221. The Morgan fingerprint density at radius 3 is 2.88 bits per heavy atom. The molecule has 2 amide bonds. The SMILES string of the molecule is Cc1cnn([C@@H]2CCN(C(=O)Nc3ccc(OC(F)F)cn3)C2)c1. The molecule has 0 aliphatic carbocycles. The second-order valence-electron chi connectivity index (χ2n) is 5.57. The molecule has 3 rings (SSSR count). The van der Waals surface area contributed by atoms with Gasteiger partial charge >= 0.3 is 12.6 Å². The summed E-state index contributed by atoms with van der Waals surface area (Å²) in [4.78, 5) is 17.8. The van der Waals surface area contributed by atoms with Crippen molar-refractivity contribution >= 4 is 11.8 Å². The molecular formula is C15H17F2N5O2. The van der Waals surface area contributed by atoms with Crippen molar-refractivity contribution in [2.75, 3.05) is 18.4 Å². The topological polar surface area (TPSA) is 72.3 Å². The quantitative estimate of drug-likeness (QED) is 0.931. The number of alkyl halides is 2. The van der Waals surface area contributed by atoms with Crippen molar-refractivity contribution in [3.05, 3.63) is 36.3 Å². The molecule has 1 saturated heterocycles. The first-order valence-electron chi connectivity index (χ1n) is 7.49. The average Bonchev–Trinajstić information content (AvgIpc) is 3.17. The average molecular weight is 337 g/mol. The predicted octanol–water partition coefficient (Wildman–Crippen LogP) is 2.67. The lowest BCUT2D eigenvalue weighted by Gasteiger charge is -2.17. The highest BCUT2D eigenvalue weighted by molar-refractivity contribution is 5.88. The number of carbonyl (C=O) groups is 1. The molecular weight excluding hydrogens is 320 g/mol. The van der Waals surface area contributed by atoms with Crippen LogP contribution in [0.15, 0.2) is 30.7 Å². The van der Waals surface area contributed by atoms with Crippen molar-refractivity contribution < 1.29 is 18.3 Å². The maximum Gasteiger partial charge on any atom is 0.387 e. The smallest absolute Gasteiger partial charge is 0.387 e. The first-order valence-corrected chi connectivity index (χ1v) is 7.49. The minimum Gasteiger partial charge on any atom is -0.433 e. The number of hydrogen-bond donors (Lipinski definition) is 1. The number of halogens is 2. The number of likely N-dealkylation sites (tertiary alicyclic amines) is 1. The van der Waals surface area contributed by atoms with E-state index in [0.29, 0.717) is 13.1 Å². The predicted molar refractivity (Wildman–Crippen MR) is 82.1 cm³/mol. The summed E-state index contributed by atoms with van der Waals surface area (Å²) < 4.78 is 30.2. The van der Waals surface area contributed by atoms with Gasteiger partial charge in [0.05, 0.1) is 18.4 Å². The Labute approximate surface area is 137 Å². The van der Waals surface area contributed by atoms with E-state index in [1.165, 1.54) is 12.1 Å². The maximum absolute atomic E-state index is 12.3. The van der Waals surface area contributed by atoms with E-state index < -0.39 is 6.61 Å². The lowest BCUT2D eigenvalue weighted by molar-refractivity contribution is -0.0500. The summed E-state index contributed by atoms with van der Waals surface area (Å²) in [6, 6.07) is 2.62. The largest absolute Gasteiger partial charge is 0.433 e. The molecule has 1 aliphatic heterocycles. The molecule has 0 unspecified atom stereocenters. The van der Waals surface area contributed by atoms with Crippen LogP contribution in [0.4, 0.5) is 19.4 Å². The molecule has 3 heterocycles. The Hall–Kier alpha value is -2.71. The van der Waals surface area contributed by atoms with Crippen LogP contribution in [-0.2, 0) is 0 Å². The first-order chi connectivity index (χ1) is 11.5. The lowest BCUT2D eigenvalue weighted by atomic mass is 10.3. The van der Waals surface area contributed by atoms with E-state index in [9.17, 15) is 13.6 Å². The number of aryl methyl sites for hydroxylation is 1. The Morgan fingerprint density at radius 1 is 1.42 bits per heavy atom. The summed E-state index contributed by atoms with van der Waals surface area (Å²) in [5.41, 5.74) is 1.08. The number of rotatable bonds is 4. The van der Waals surface area contributed by atoms with Crippen molar-refractivity contribution in [1.29, 1.82) is 0 Å². The van der Waals surface area contributed by atoms with Crippen LogP contribution in [0.2, 0.25) is 0 Å². The van der Waals surface area contributed by atoms with Crippen molar-refractivity contribution in [2.24, 2.45) is 0 Å². The van der Waals surface area contributed by atoms with Gasteiger partial charge in [-0.2, -0.15) is 13.9 Å². The minimum atomic E-state index is -2.90. The number of hydrogen-bond acceptors (Lipinski definition) is 4. The maximum atomic E-state index is 12.3. The fourth-order valence-electron chi connectivity index (χ4n) is 2.59. The third-order valence-electron chi connectivity index (χ3n) is 3.75. The van der Waals surface area contributed by atoms with Crippen LogP contribution in [-0.4, -0.2) is 45.4 Å². The number of aromatic nitrogens is 3. The molecule has 0 aromatic carbocycles. The summed E-state index contributed by atoms with van der Waals surface area (Å²) in [5, 5.41) is 6.92. The van der Waals surface area contributed by atoms with Gasteiger partial charge in [-0.05, 0) is 31.0 Å². The van der Waals surface area contributed by atoms with E-state index in [4.69, 9.17) is 0 Å². The fourth-order valence-corrected chi connectivity index (χ4v) is 2.59. The molecule has 1 fully saturated rings. The van der Waals surface area contributed by atoms with Gasteiger partial charge in [0.2, 0.25) is 0 Å². The van der Waals surface area contributed by atoms with E-state index in [-0.39, 0.29) is 23.6 Å². The third-order valence-corrected chi connectivity index (χ3v) is 3.75. The van der Waals surface area contributed by atoms with E-state index >= 15 is 0 Å². The number of amides is 2. The highest BCUT2D eigenvalue weighted by Gasteiger charge is 2.28. The second-order valence-corrected chi connectivity index (χ2v) is 5.57. The zero-order valence-electron chi connectivity index (χ0n) is 13.0. The number of pyridine rings is 1. The summed E-state index contributed by atoms with van der Waals surface area (Å²) in [7, 11) is 0. The fraction of sp³-hybridized carbons (Fsp3) is 0.400. The summed E-state index contributed by atoms with van der Waals surface area (Å²) >= 11 is 0. The number of ether oxygens (including phenoxy) is 1. The van der Waals surface area contributed by atoms with Gasteiger partial charge in [-0.3, -0.25) is 10.00 Å². The van der Waals surface area contributed by atoms with Crippen LogP contribution in [0.3, 0.4) is 0 Å². The molecule has 0 bridgehead atoms. The van der Waals surface area contributed by atoms with Crippen LogP contribution in [0.25, 0.3) is 0 Å². The molecule has 0 saturated carbocycles. The van der Waals surface area contributed by atoms with Gasteiger partial charge in [-0.1, -0.05) is 0 Å². The molecule has 1 aliphatic rings. The number of urea groups is 1. The van der Waals surface area contributed by atoms with Gasteiger partial charge in [-0.15, -0.1) is 0 Å². The molecule has 2 aromatic heterocycles. The van der Waals surface area contributed by atoms with Crippen LogP contribution in [0.1, 0.15) is 18.0 Å². The number of nitrogens with zero attached hydrogens (tertiary/aromatic N) is 4. The van der Waals surface area contributed by atoms with E-state index in [1.54, 1.807) is 11.1 Å². The number of anilines is 1. The third kappa shape index (κ3) is 3.79. The van der Waals surface area contributed by atoms with E-state index in [2.05, 4.69) is 20.1 Å². The summed E-state index contributed by atoms with van der Waals surface area (Å²) in [6.07, 6.45) is 5.70. The zero-order valence-corrected chi connectivity index (χ0v) is 13.0. The summed E-state index contributed by atoms with van der Waals surface area (Å²) in [6.45, 7) is 0.233. The van der Waals surface area contributed by atoms with Crippen LogP contribution >= 0.6 is 0 Å². The van der Waals surface area contributed by atoms with Crippen molar-refractivity contribution in [2.45, 2.75) is 26.0 Å². The van der Waals surface area contributed by atoms with Crippen molar-refractivity contribution in [1.82, 2.24) is 19.7 Å². The molecule has 0 radical (unpaired) electrons. The van der Waals surface area contributed by atoms with Gasteiger partial charge in [0.1, 0.15) is 11.6 Å². The minimum absolute atomic E-state index is 0.0571. The first kappa shape index (κ1) is 16.2. The Kier molecular flexibility index (Phi) is 4.59. The van der Waals surface area contributed by atoms with Crippen LogP contribution in [0, 0.1) is 6.92 Å². The van der Waals surface area contributed by atoms with Crippen molar-refractivity contribution in [3.8, 4) is 5.75 Å².